The second-order valence-electron chi connectivity index (χ2n) is 16.4. The van der Waals surface area contributed by atoms with Gasteiger partial charge in [-0.05, 0) is 61.7 Å². The van der Waals surface area contributed by atoms with Crippen molar-refractivity contribution in [3.63, 3.8) is 0 Å². The van der Waals surface area contributed by atoms with Gasteiger partial charge in [0.05, 0.1) is 35.9 Å². The fraction of sp³-hybridized carbons (Fsp3) is 0.342. The number of aromatic amines is 1. The number of aromatic nitrogens is 2. The standard InChI is InChI=1S/C38H45N5O26P4S2/c1-19-16-43(38(49)42-35(19)45)29-15-27(44)28(66-29)17-65-72(54,55)69-73(56,57)68-71(52,53)18-70(50,51)64-13-5-3-2-4-12-41-36(46)20-6-7-21(24(14-20)37(47)48)30-22-8-10-25(39)33(74(58,59)60)31(22)67-32-23(30)9-11-26(40)34(32)75(61,62)63/h6-11,14,16,27-29,39,44H,2-5,12-13,15,17-18,40H2,1H3,(H,41,46)(H,47,48)(H,50,51)(H,52,53)(H,54,55)(H,56,57)(H,42,45,49)(H,58,59,60)(H,61,62,63)/p-1/t27-,28-,29-/m1/s1. The molecule has 6 rings (SSSR count). The van der Waals surface area contributed by atoms with Gasteiger partial charge in [-0.1, -0.05) is 18.9 Å². The average Bonchev–Trinajstić information content (AvgIpc) is 3.63. The Hall–Kier alpha value is -5.11. The number of carbonyl (C=O) groups is 2. The molecule has 0 saturated carbocycles. The smallest absolute Gasteiger partial charge is 0.488 e. The van der Waals surface area contributed by atoms with E-state index in [9.17, 15) is 93.2 Å². The maximum absolute atomic E-state index is 13.2. The normalized spacial score (nSPS) is 19.5. The van der Waals surface area contributed by atoms with Crippen LogP contribution in [0.15, 0.2) is 72.5 Å². The predicted molar refractivity (Wildman–Crippen MR) is 253 cm³/mol. The summed E-state index contributed by atoms with van der Waals surface area (Å²) in [5.41, 5.74) is 1.26. The van der Waals surface area contributed by atoms with Crippen LogP contribution in [0.4, 0.5) is 5.69 Å². The van der Waals surface area contributed by atoms with Crippen molar-refractivity contribution in [2.45, 2.75) is 67.3 Å². The summed E-state index contributed by atoms with van der Waals surface area (Å²) in [7, 11) is -33.2. The molecule has 31 nitrogen and oxygen atoms in total. The van der Waals surface area contributed by atoms with Gasteiger partial charge in [-0.3, -0.25) is 42.8 Å². The third kappa shape index (κ3) is 14.5. The van der Waals surface area contributed by atoms with Gasteiger partial charge in [0.2, 0.25) is 0 Å². The highest BCUT2D eigenvalue weighted by Gasteiger charge is 2.46. The predicted octanol–water partition coefficient (Wildman–Crippen LogP) is 2.51. The van der Waals surface area contributed by atoms with Crippen LogP contribution < -0.4 is 27.7 Å². The fourth-order valence-corrected chi connectivity index (χ4v) is 15.5. The van der Waals surface area contributed by atoms with E-state index in [1.54, 1.807) is 0 Å². The molecule has 410 valence electrons. The van der Waals surface area contributed by atoms with E-state index in [0.717, 1.165) is 47.2 Å². The third-order valence-corrected chi connectivity index (χ3v) is 20.1. The van der Waals surface area contributed by atoms with Crippen molar-refractivity contribution in [1.82, 2.24) is 14.9 Å². The zero-order chi connectivity index (χ0) is 55.8. The highest BCUT2D eigenvalue weighted by atomic mass is 32.2. The van der Waals surface area contributed by atoms with Crippen LogP contribution in [0.2, 0.25) is 0 Å². The number of ether oxygens (including phenoxy) is 1. The zero-order valence-corrected chi connectivity index (χ0v) is 43.4. The molecule has 0 radical (unpaired) electrons. The number of unbranched alkanes of at least 4 members (excludes halogenated alkanes) is 3. The summed E-state index contributed by atoms with van der Waals surface area (Å²) in [4.78, 5) is 89.6. The van der Waals surface area contributed by atoms with Gasteiger partial charge in [-0.25, -0.2) is 31.4 Å². The Bertz CT molecular complexity index is 3680. The number of nitrogens with two attached hydrogens (primary N) is 1. The number of aliphatic hydroxyl groups is 1. The molecule has 3 aliphatic rings. The Morgan fingerprint density at radius 2 is 1.59 bits per heavy atom. The molecule has 2 aromatic carbocycles. The van der Waals surface area contributed by atoms with Gasteiger partial charge in [0, 0.05) is 46.8 Å². The molecule has 0 spiro atoms. The van der Waals surface area contributed by atoms with Gasteiger partial charge in [0.25, 0.3) is 21.6 Å². The highest BCUT2D eigenvalue weighted by Crippen LogP contribution is 2.70. The molecule has 75 heavy (non-hydrogen) atoms. The molecule has 0 bridgehead atoms. The summed E-state index contributed by atoms with van der Waals surface area (Å²) < 4.78 is 151. The number of phosphoric acid groups is 2. The first kappa shape index (κ1) is 59.1. The summed E-state index contributed by atoms with van der Waals surface area (Å²) in [6.45, 7) is -0.175. The van der Waals surface area contributed by atoms with Gasteiger partial charge in [-0.15, -0.1) is 0 Å². The summed E-state index contributed by atoms with van der Waals surface area (Å²) in [6, 6.07) is 7.43. The minimum Gasteiger partial charge on any atom is -0.744 e. The molecule has 1 aromatic heterocycles. The topological polar surface area (TPSA) is 511 Å². The molecule has 1 amide bonds. The SMILES string of the molecule is Cc1cn([C@H]2C[C@@H](O)[C@@H](COP(=O)(O)OP(=O)(O)OP(=O)(O)CP(=O)(O)OCCCCCCNC(=O)c3ccc(-c4c5ccc(=N)c(S(=O)(=O)O)c-5oc5c(S(=O)(=O)[O-])c(N)ccc45)c(C(=O)O)c3)O2)c(=O)[nH]c1=O. The molecule has 4 unspecified atom stereocenters. The number of aryl methyl sites for hydroxylation is 1. The maximum Gasteiger partial charge on any atom is 0.488 e. The highest BCUT2D eigenvalue weighted by molar-refractivity contribution is 7.86. The van der Waals surface area contributed by atoms with E-state index >= 15 is 0 Å². The molecule has 12 N–H and O–H groups in total. The molecule has 7 atom stereocenters. The Balaban J connectivity index is 0.997. The summed E-state index contributed by atoms with van der Waals surface area (Å²) in [6.07, 6.45) is -2.35. The summed E-state index contributed by atoms with van der Waals surface area (Å²) >= 11 is 0. The molecule has 3 aromatic rings. The molecule has 1 saturated heterocycles. The van der Waals surface area contributed by atoms with E-state index < -0.39 is 149 Å². The Morgan fingerprint density at radius 1 is 0.920 bits per heavy atom. The minimum atomic E-state index is -6.04. The van der Waals surface area contributed by atoms with E-state index in [0.29, 0.717) is 6.42 Å². The first-order valence-electron chi connectivity index (χ1n) is 21.2. The fourth-order valence-electron chi connectivity index (χ4n) is 7.59. The number of carboxylic acid groups (broad SMARTS) is 1. The number of nitrogens with one attached hydrogen (secondary N) is 3. The number of fused-ring (bicyclic) bond motifs is 2. The zero-order valence-electron chi connectivity index (χ0n) is 38.2. The molecule has 1 fully saturated rings. The Kier molecular flexibility index (Phi) is 17.7. The third-order valence-electron chi connectivity index (χ3n) is 10.8. The second kappa shape index (κ2) is 22.5. The maximum atomic E-state index is 13.2. The lowest BCUT2D eigenvalue weighted by Crippen LogP contribution is -2.33. The lowest BCUT2D eigenvalue weighted by Gasteiger charge is -2.21. The van der Waals surface area contributed by atoms with Crippen molar-refractivity contribution in [3.05, 3.63) is 91.5 Å². The van der Waals surface area contributed by atoms with Crippen LogP contribution in [0.3, 0.4) is 0 Å². The average molecular weight is 1170 g/mol. The largest absolute Gasteiger partial charge is 0.744 e. The minimum absolute atomic E-state index is 0.0170. The molecular weight excluding hydrogens is 1130 g/mol. The number of phosphoric ester groups is 1. The quantitative estimate of drug-likeness (QED) is 0.0147. The van der Waals surface area contributed by atoms with E-state index in [4.69, 9.17) is 24.8 Å². The number of carbonyl (C=O) groups excluding carboxylic acids is 1. The number of anilines is 1. The van der Waals surface area contributed by atoms with Crippen molar-refractivity contribution in [1.29, 1.82) is 5.41 Å². The van der Waals surface area contributed by atoms with Crippen molar-refractivity contribution in [2.75, 3.05) is 31.4 Å². The Morgan fingerprint density at radius 3 is 2.24 bits per heavy atom. The second-order valence-corrected chi connectivity index (χ2v) is 26.4. The number of nitrogens with zero attached hydrogens (tertiary/aromatic N) is 1. The number of H-pyrrole nitrogens is 1. The van der Waals surface area contributed by atoms with Crippen molar-refractivity contribution in [3.8, 4) is 22.5 Å². The van der Waals surface area contributed by atoms with Gasteiger partial charge < -0.3 is 59.1 Å². The number of aromatic carboxylic acids is 1. The van der Waals surface area contributed by atoms with Crippen LogP contribution >= 0.6 is 30.8 Å². The van der Waals surface area contributed by atoms with E-state index in [-0.39, 0.29) is 65.4 Å². The van der Waals surface area contributed by atoms with Crippen molar-refractivity contribution < 1.29 is 110 Å². The van der Waals surface area contributed by atoms with E-state index in [1.165, 1.54) is 13.0 Å². The number of aliphatic hydroxyl groups excluding tert-OH is 1. The van der Waals surface area contributed by atoms with Crippen LogP contribution in [0, 0.1) is 12.3 Å². The number of amides is 1. The molecule has 1 aliphatic carbocycles. The van der Waals surface area contributed by atoms with Gasteiger partial charge in [0.1, 0.15) is 27.3 Å². The van der Waals surface area contributed by atoms with Crippen LogP contribution in [0.5, 0.6) is 0 Å². The molecule has 2 aliphatic heterocycles. The Labute approximate surface area is 421 Å². The summed E-state index contributed by atoms with van der Waals surface area (Å²) in [5.74, 6) is -5.06. The van der Waals surface area contributed by atoms with Crippen LogP contribution in [-0.2, 0) is 60.9 Å². The lowest BCUT2D eigenvalue weighted by atomic mass is 9.89. The number of carboxylic acids is 1. The summed E-state index contributed by atoms with van der Waals surface area (Å²) in [5, 5.41) is 30.2. The van der Waals surface area contributed by atoms with Crippen LogP contribution in [-0.4, -0.2) is 115 Å². The first-order chi connectivity index (χ1) is 34.6. The van der Waals surface area contributed by atoms with E-state index in [2.05, 4.69) is 18.5 Å². The lowest BCUT2D eigenvalue weighted by molar-refractivity contribution is -0.0450. The number of hydrogen-bond acceptors (Lipinski definition) is 22. The van der Waals surface area contributed by atoms with Crippen molar-refractivity contribution in [2.24, 2.45) is 0 Å². The molecular formula is C38H44N5O26P4S2-. The van der Waals surface area contributed by atoms with Gasteiger partial charge in [-0.2, -0.15) is 12.7 Å². The monoisotopic (exact) mass is 1170 g/mol. The number of hydrogen-bond donors (Lipinski definition) is 11. The van der Waals surface area contributed by atoms with Crippen LogP contribution in [0.1, 0.15) is 64.6 Å². The van der Waals surface area contributed by atoms with Gasteiger partial charge >= 0.3 is 42.5 Å². The van der Waals surface area contributed by atoms with Crippen molar-refractivity contribution >= 4 is 79.6 Å². The molecule has 3 heterocycles. The van der Waals surface area contributed by atoms with Crippen LogP contribution in [0.25, 0.3) is 33.4 Å². The molecule has 37 heteroatoms. The first-order valence-corrected chi connectivity index (χ1v) is 30.6. The number of nitrogen functional groups attached to an aromatic ring is 1. The van der Waals surface area contributed by atoms with E-state index in [1.807, 2.05) is 4.98 Å². The number of benzene rings is 3. The number of rotatable bonds is 23. The van der Waals surface area contributed by atoms with Gasteiger partial charge in [0.15, 0.2) is 22.1 Å².